The average molecular weight is 373 g/mol. The molecule has 2 rings (SSSR count). The van der Waals surface area contributed by atoms with Gasteiger partial charge in [-0.25, -0.2) is 4.39 Å². The van der Waals surface area contributed by atoms with Gasteiger partial charge in [-0.1, -0.05) is 30.7 Å². The molecule has 0 aliphatic carbocycles. The van der Waals surface area contributed by atoms with Gasteiger partial charge in [0.25, 0.3) is 0 Å². The molecule has 0 unspecified atom stereocenters. The summed E-state index contributed by atoms with van der Waals surface area (Å²) in [6, 6.07) is 10.4. The van der Waals surface area contributed by atoms with Gasteiger partial charge in [-0.15, -0.1) is 0 Å². The van der Waals surface area contributed by atoms with Crippen LogP contribution in [0.1, 0.15) is 18.1 Å². The summed E-state index contributed by atoms with van der Waals surface area (Å²) in [6.45, 7) is 3.90. The van der Waals surface area contributed by atoms with Gasteiger partial charge in [0.15, 0.2) is 0 Å². The zero-order chi connectivity index (χ0) is 15.2. The molecule has 0 heterocycles. The maximum atomic E-state index is 13.2. The number of rotatable bonds is 6. The van der Waals surface area contributed by atoms with E-state index in [1.807, 2.05) is 25.1 Å². The minimum Gasteiger partial charge on any atom is -0.489 e. The van der Waals surface area contributed by atoms with Crippen LogP contribution in [0.25, 0.3) is 0 Å². The highest BCUT2D eigenvalue weighted by Crippen LogP contribution is 2.27. The van der Waals surface area contributed by atoms with E-state index < -0.39 is 0 Å². The zero-order valence-corrected chi connectivity index (χ0v) is 14.0. The van der Waals surface area contributed by atoms with Crippen molar-refractivity contribution in [2.45, 2.75) is 20.1 Å². The predicted octanol–water partition coefficient (Wildman–Crippen LogP) is 4.93. The molecule has 5 heteroatoms. The smallest absolute Gasteiger partial charge is 0.137 e. The van der Waals surface area contributed by atoms with E-state index in [2.05, 4.69) is 21.2 Å². The lowest BCUT2D eigenvalue weighted by Gasteiger charge is -2.13. The van der Waals surface area contributed by atoms with Gasteiger partial charge in [0.05, 0.1) is 4.47 Å². The summed E-state index contributed by atoms with van der Waals surface area (Å²) >= 11 is 9.39. The Balaban J connectivity index is 2.12. The predicted molar refractivity (Wildman–Crippen MR) is 87.3 cm³/mol. The van der Waals surface area contributed by atoms with Gasteiger partial charge in [-0.05, 0) is 52.3 Å². The molecule has 21 heavy (non-hydrogen) atoms. The third-order valence-corrected chi connectivity index (χ3v) is 3.97. The molecule has 2 aromatic rings. The fourth-order valence-electron chi connectivity index (χ4n) is 1.89. The van der Waals surface area contributed by atoms with Crippen LogP contribution in [-0.2, 0) is 13.2 Å². The summed E-state index contributed by atoms with van der Waals surface area (Å²) < 4.78 is 19.5. The van der Waals surface area contributed by atoms with Crippen molar-refractivity contribution in [3.8, 4) is 5.75 Å². The lowest BCUT2D eigenvalue weighted by molar-refractivity contribution is 0.302. The van der Waals surface area contributed by atoms with E-state index in [0.29, 0.717) is 22.6 Å². The largest absolute Gasteiger partial charge is 0.489 e. The third kappa shape index (κ3) is 4.43. The third-order valence-electron chi connectivity index (χ3n) is 3.01. The van der Waals surface area contributed by atoms with Crippen molar-refractivity contribution < 1.29 is 9.13 Å². The molecule has 2 nitrogen and oxygen atoms in total. The number of halogens is 3. The fraction of sp³-hybridized carbons (Fsp3) is 0.250. The summed E-state index contributed by atoms with van der Waals surface area (Å²) in [6.07, 6.45) is 0. The molecule has 0 aliphatic heterocycles. The van der Waals surface area contributed by atoms with Crippen LogP contribution in [0.5, 0.6) is 5.75 Å². The lowest BCUT2D eigenvalue weighted by Crippen LogP contribution is -2.13. The molecule has 0 saturated carbocycles. The van der Waals surface area contributed by atoms with Crippen LogP contribution >= 0.6 is 27.5 Å². The van der Waals surface area contributed by atoms with Crippen molar-refractivity contribution in [2.24, 2.45) is 0 Å². The van der Waals surface area contributed by atoms with Crippen molar-refractivity contribution in [3.05, 3.63) is 62.8 Å². The molecule has 0 aromatic heterocycles. The maximum absolute atomic E-state index is 13.2. The molecule has 0 saturated heterocycles. The van der Waals surface area contributed by atoms with E-state index in [4.69, 9.17) is 16.3 Å². The molecular formula is C16H16BrClFNO. The van der Waals surface area contributed by atoms with E-state index in [-0.39, 0.29) is 5.82 Å². The highest BCUT2D eigenvalue weighted by atomic mass is 79.9. The number of benzene rings is 2. The monoisotopic (exact) mass is 371 g/mol. The first-order chi connectivity index (χ1) is 10.1. The van der Waals surface area contributed by atoms with Crippen LogP contribution in [0.4, 0.5) is 4.39 Å². The van der Waals surface area contributed by atoms with Crippen LogP contribution < -0.4 is 10.1 Å². The quantitative estimate of drug-likeness (QED) is 0.776. The van der Waals surface area contributed by atoms with E-state index in [9.17, 15) is 4.39 Å². The topological polar surface area (TPSA) is 21.3 Å². The van der Waals surface area contributed by atoms with Crippen LogP contribution in [0.15, 0.2) is 40.9 Å². The van der Waals surface area contributed by atoms with Gasteiger partial charge in [-0.3, -0.25) is 0 Å². The summed E-state index contributed by atoms with van der Waals surface area (Å²) in [7, 11) is 0. The molecule has 2 aromatic carbocycles. The van der Waals surface area contributed by atoms with Crippen LogP contribution in [0.3, 0.4) is 0 Å². The molecule has 1 N–H and O–H groups in total. The zero-order valence-electron chi connectivity index (χ0n) is 11.6. The summed E-state index contributed by atoms with van der Waals surface area (Å²) in [5.41, 5.74) is 1.82. The van der Waals surface area contributed by atoms with E-state index >= 15 is 0 Å². The Kier molecular flexibility index (Phi) is 6.03. The van der Waals surface area contributed by atoms with E-state index in [1.165, 1.54) is 6.07 Å². The molecule has 112 valence electrons. The molecule has 0 amide bonds. The molecule has 0 radical (unpaired) electrons. The van der Waals surface area contributed by atoms with Crippen molar-refractivity contribution >= 4 is 27.5 Å². The minimum atomic E-state index is -0.283. The molecule has 0 fully saturated rings. The van der Waals surface area contributed by atoms with Crippen LogP contribution in [-0.4, -0.2) is 6.54 Å². The minimum absolute atomic E-state index is 0.283. The highest BCUT2D eigenvalue weighted by Gasteiger charge is 2.08. The summed E-state index contributed by atoms with van der Waals surface area (Å²) in [4.78, 5) is 0. The van der Waals surface area contributed by atoms with Crippen molar-refractivity contribution in [3.63, 3.8) is 0 Å². The number of nitrogens with one attached hydrogen (secondary N) is 1. The molecular weight excluding hydrogens is 357 g/mol. The summed E-state index contributed by atoms with van der Waals surface area (Å²) in [5, 5.41) is 3.91. The van der Waals surface area contributed by atoms with Crippen molar-refractivity contribution in [2.75, 3.05) is 6.54 Å². The van der Waals surface area contributed by atoms with Crippen molar-refractivity contribution in [1.29, 1.82) is 0 Å². The fourth-order valence-corrected chi connectivity index (χ4v) is 2.55. The van der Waals surface area contributed by atoms with E-state index in [0.717, 1.165) is 23.4 Å². The van der Waals surface area contributed by atoms with Gasteiger partial charge in [0.1, 0.15) is 18.2 Å². The second-order valence-corrected chi connectivity index (χ2v) is 5.80. The molecule has 0 spiro atoms. The Morgan fingerprint density at radius 2 is 2.10 bits per heavy atom. The Labute approximate surface area is 137 Å². The van der Waals surface area contributed by atoms with Crippen LogP contribution in [0, 0.1) is 5.82 Å². The second kappa shape index (κ2) is 7.78. The highest BCUT2D eigenvalue weighted by molar-refractivity contribution is 9.10. The van der Waals surface area contributed by atoms with Gasteiger partial charge < -0.3 is 10.1 Å². The van der Waals surface area contributed by atoms with Gasteiger partial charge in [0.2, 0.25) is 0 Å². The molecule has 0 aliphatic rings. The first-order valence-corrected chi connectivity index (χ1v) is 7.83. The number of hydrogen-bond acceptors (Lipinski definition) is 2. The number of ether oxygens (including phenoxy) is 1. The average Bonchev–Trinajstić information content (AvgIpc) is 2.47. The van der Waals surface area contributed by atoms with Crippen LogP contribution in [0.2, 0.25) is 5.02 Å². The maximum Gasteiger partial charge on any atom is 0.137 e. The lowest BCUT2D eigenvalue weighted by atomic mass is 10.2. The Morgan fingerprint density at radius 1 is 1.29 bits per heavy atom. The summed E-state index contributed by atoms with van der Waals surface area (Å²) in [5.74, 6) is 0.457. The SMILES string of the molecule is CCNCc1c(Cl)cccc1OCc1ccc(F)c(Br)c1. The number of hydrogen-bond donors (Lipinski definition) is 1. The van der Waals surface area contributed by atoms with Gasteiger partial charge >= 0.3 is 0 Å². The Morgan fingerprint density at radius 3 is 2.81 bits per heavy atom. The van der Waals surface area contributed by atoms with Gasteiger partial charge in [-0.2, -0.15) is 0 Å². The van der Waals surface area contributed by atoms with E-state index in [1.54, 1.807) is 12.1 Å². The van der Waals surface area contributed by atoms with Crippen molar-refractivity contribution in [1.82, 2.24) is 5.32 Å². The normalized spacial score (nSPS) is 10.7. The van der Waals surface area contributed by atoms with Gasteiger partial charge in [0, 0.05) is 17.1 Å². The first kappa shape index (κ1) is 16.3. The second-order valence-electron chi connectivity index (χ2n) is 4.53. The standard InChI is InChI=1S/C16H16BrClFNO/c1-2-20-9-12-14(18)4-3-5-16(12)21-10-11-6-7-15(19)13(17)8-11/h3-8,20H,2,9-10H2,1H3. The molecule has 0 bridgehead atoms. The Hall–Kier alpha value is -1.10. The Bertz CT molecular complexity index is 621. The molecule has 0 atom stereocenters. The first-order valence-electron chi connectivity index (χ1n) is 6.66.